The summed E-state index contributed by atoms with van der Waals surface area (Å²) in [7, 11) is 0. The first-order valence-electron chi connectivity index (χ1n) is 9.30. The van der Waals surface area contributed by atoms with Crippen LogP contribution in [0.3, 0.4) is 0 Å². The van der Waals surface area contributed by atoms with Crippen LogP contribution in [0.5, 0.6) is 0 Å². The molecule has 0 bridgehead atoms. The number of carbonyl (C=O) groups is 6. The number of nitrogens with one attached hydrogen (secondary N) is 3. The van der Waals surface area contributed by atoms with E-state index in [9.17, 15) is 39.0 Å². The Morgan fingerprint density at radius 2 is 1.39 bits per heavy atom. The lowest BCUT2D eigenvalue weighted by atomic mass is 10.0. The van der Waals surface area contributed by atoms with Crippen molar-refractivity contribution in [1.29, 1.82) is 0 Å². The largest absolute Gasteiger partial charge is 0.481 e. The molecule has 0 aromatic rings. The summed E-state index contributed by atoms with van der Waals surface area (Å²) in [5, 5.41) is 33.9. The molecule has 0 aliphatic rings. The molecule has 4 atom stereocenters. The summed E-state index contributed by atoms with van der Waals surface area (Å²) in [6.45, 7) is 2.17. The second-order valence-electron chi connectivity index (χ2n) is 7.08. The lowest BCUT2D eigenvalue weighted by Gasteiger charge is -2.25. The van der Waals surface area contributed by atoms with Gasteiger partial charge in [0.15, 0.2) is 0 Å². The third-order valence-electron chi connectivity index (χ3n) is 4.08. The van der Waals surface area contributed by atoms with Gasteiger partial charge in [0.25, 0.3) is 0 Å². The minimum Gasteiger partial charge on any atom is -0.481 e. The molecule has 0 aromatic heterocycles. The summed E-state index contributed by atoms with van der Waals surface area (Å²) < 4.78 is 0. The van der Waals surface area contributed by atoms with Gasteiger partial charge in [-0.3, -0.25) is 24.0 Å². The first-order valence-corrected chi connectivity index (χ1v) is 9.30. The Bertz CT molecular complexity index is 697. The van der Waals surface area contributed by atoms with Gasteiger partial charge >= 0.3 is 11.9 Å². The summed E-state index contributed by atoms with van der Waals surface area (Å²) in [4.78, 5) is 69.8. The van der Waals surface area contributed by atoms with Crippen LogP contribution in [0.1, 0.15) is 33.1 Å². The normalized spacial score (nSPS) is 14.6. The molecule has 176 valence electrons. The van der Waals surface area contributed by atoms with E-state index in [4.69, 9.17) is 16.6 Å². The number of carboxylic acid groups (broad SMARTS) is 2. The van der Waals surface area contributed by atoms with Crippen molar-refractivity contribution in [1.82, 2.24) is 16.0 Å². The maximum absolute atomic E-state index is 12.5. The average molecular weight is 447 g/mol. The van der Waals surface area contributed by atoms with Crippen molar-refractivity contribution in [2.75, 3.05) is 6.61 Å². The Hall–Kier alpha value is -3.26. The molecule has 10 N–H and O–H groups in total. The van der Waals surface area contributed by atoms with Gasteiger partial charge in [-0.1, -0.05) is 13.8 Å². The molecule has 31 heavy (non-hydrogen) atoms. The zero-order chi connectivity index (χ0) is 24.3. The number of amides is 4. The Kier molecular flexibility index (Phi) is 11.7. The van der Waals surface area contributed by atoms with Gasteiger partial charge in [0.2, 0.25) is 23.6 Å². The van der Waals surface area contributed by atoms with Crippen LogP contribution in [0, 0.1) is 5.92 Å². The number of aliphatic carboxylic acids is 2. The van der Waals surface area contributed by atoms with E-state index in [0.29, 0.717) is 0 Å². The quantitative estimate of drug-likeness (QED) is 0.129. The summed E-state index contributed by atoms with van der Waals surface area (Å²) in [6, 6.07) is -5.72. The van der Waals surface area contributed by atoms with Gasteiger partial charge in [-0.25, -0.2) is 4.79 Å². The predicted molar refractivity (Wildman–Crippen MR) is 104 cm³/mol. The van der Waals surface area contributed by atoms with E-state index in [1.165, 1.54) is 13.8 Å². The summed E-state index contributed by atoms with van der Waals surface area (Å²) >= 11 is 0. The van der Waals surface area contributed by atoms with Crippen molar-refractivity contribution in [3.05, 3.63) is 0 Å². The highest BCUT2D eigenvalue weighted by Gasteiger charge is 2.31. The van der Waals surface area contributed by atoms with Crippen LogP contribution >= 0.6 is 0 Å². The van der Waals surface area contributed by atoms with E-state index in [1.54, 1.807) is 0 Å². The fourth-order valence-corrected chi connectivity index (χ4v) is 2.36. The first kappa shape index (κ1) is 27.7. The zero-order valence-electron chi connectivity index (χ0n) is 17.2. The van der Waals surface area contributed by atoms with Crippen molar-refractivity contribution in [3.63, 3.8) is 0 Å². The fourth-order valence-electron chi connectivity index (χ4n) is 2.36. The Balaban J connectivity index is 5.33. The van der Waals surface area contributed by atoms with Gasteiger partial charge in [0.1, 0.15) is 18.1 Å². The van der Waals surface area contributed by atoms with Gasteiger partial charge in [-0.05, 0) is 12.3 Å². The zero-order valence-corrected chi connectivity index (χ0v) is 17.2. The molecule has 0 saturated heterocycles. The summed E-state index contributed by atoms with van der Waals surface area (Å²) in [6.07, 6.45) is -1.43. The molecule has 14 heteroatoms. The van der Waals surface area contributed by atoms with Crippen LogP contribution in [0.4, 0.5) is 0 Å². The number of aliphatic hydroxyl groups is 1. The van der Waals surface area contributed by atoms with Crippen LogP contribution in [0.25, 0.3) is 0 Å². The van der Waals surface area contributed by atoms with Crippen LogP contribution < -0.4 is 27.4 Å². The number of primary amides is 1. The standard InChI is InChI=1S/C17H29N5O9/c1-7(2)13(17(30)31)22-15(28)9(3-4-12(25)26)20-16(29)10(6-23)21-14(27)8(18)5-11(19)24/h7-10,13,23H,3-6,18H2,1-2H3,(H2,19,24)(H,20,29)(H,21,27)(H,22,28)(H,25,26)(H,30,31)/t8-,9-,10-,13-/m0/s1. The molecule has 4 amide bonds. The minimum atomic E-state index is -1.58. The molecule has 0 aromatic carbocycles. The number of carboxylic acids is 2. The predicted octanol–water partition coefficient (Wildman–Crippen LogP) is -3.76. The number of rotatable bonds is 14. The molecule has 0 radical (unpaired) electrons. The van der Waals surface area contributed by atoms with Crippen molar-refractivity contribution >= 4 is 35.6 Å². The molecule has 0 unspecified atom stereocenters. The molecule has 0 saturated carbocycles. The van der Waals surface area contributed by atoms with Crippen molar-refractivity contribution < 1.29 is 44.1 Å². The molecular weight excluding hydrogens is 418 g/mol. The van der Waals surface area contributed by atoms with E-state index in [-0.39, 0.29) is 6.42 Å². The number of carbonyl (C=O) groups excluding carboxylic acids is 4. The van der Waals surface area contributed by atoms with Gasteiger partial charge in [0, 0.05) is 6.42 Å². The van der Waals surface area contributed by atoms with Crippen molar-refractivity contribution in [3.8, 4) is 0 Å². The lowest BCUT2D eigenvalue weighted by Crippen LogP contribution is -2.58. The number of hydrogen-bond acceptors (Lipinski definition) is 8. The Morgan fingerprint density at radius 3 is 1.81 bits per heavy atom. The smallest absolute Gasteiger partial charge is 0.326 e. The molecule has 0 rings (SSSR count). The number of nitrogens with two attached hydrogens (primary N) is 2. The van der Waals surface area contributed by atoms with Gasteiger partial charge < -0.3 is 42.7 Å². The molecule has 14 nitrogen and oxygen atoms in total. The average Bonchev–Trinajstić information content (AvgIpc) is 2.65. The van der Waals surface area contributed by atoms with Crippen LogP contribution in [-0.4, -0.2) is 81.7 Å². The fraction of sp³-hybridized carbons (Fsp3) is 0.647. The van der Waals surface area contributed by atoms with Crippen molar-refractivity contribution in [2.24, 2.45) is 17.4 Å². The minimum absolute atomic E-state index is 0.384. The molecule has 0 aliphatic heterocycles. The van der Waals surface area contributed by atoms with Gasteiger partial charge in [-0.2, -0.15) is 0 Å². The number of aliphatic hydroxyl groups excluding tert-OH is 1. The number of hydrogen-bond donors (Lipinski definition) is 8. The van der Waals surface area contributed by atoms with Gasteiger partial charge in [0.05, 0.1) is 19.1 Å². The van der Waals surface area contributed by atoms with Gasteiger partial charge in [-0.15, -0.1) is 0 Å². The van der Waals surface area contributed by atoms with Crippen LogP contribution in [-0.2, 0) is 28.8 Å². The maximum Gasteiger partial charge on any atom is 0.326 e. The molecule has 0 heterocycles. The first-order chi connectivity index (χ1) is 14.3. The Labute approximate surface area is 177 Å². The molecular formula is C17H29N5O9. The monoisotopic (exact) mass is 447 g/mol. The van der Waals surface area contributed by atoms with E-state index in [0.717, 1.165) is 0 Å². The second-order valence-corrected chi connectivity index (χ2v) is 7.08. The molecule has 0 spiro atoms. The molecule has 0 fully saturated rings. The summed E-state index contributed by atoms with van der Waals surface area (Å²) in [5.74, 6) is -6.94. The maximum atomic E-state index is 12.5. The van der Waals surface area contributed by atoms with Crippen LogP contribution in [0.2, 0.25) is 0 Å². The van der Waals surface area contributed by atoms with E-state index in [1.807, 2.05) is 0 Å². The summed E-state index contributed by atoms with van der Waals surface area (Å²) in [5.41, 5.74) is 10.4. The highest BCUT2D eigenvalue weighted by atomic mass is 16.4. The second kappa shape index (κ2) is 13.1. The third-order valence-corrected chi connectivity index (χ3v) is 4.08. The third kappa shape index (κ3) is 10.4. The lowest BCUT2D eigenvalue weighted by molar-refractivity contribution is -0.144. The highest BCUT2D eigenvalue weighted by Crippen LogP contribution is 2.05. The Morgan fingerprint density at radius 1 is 0.871 bits per heavy atom. The van der Waals surface area contributed by atoms with E-state index in [2.05, 4.69) is 16.0 Å². The van der Waals surface area contributed by atoms with E-state index >= 15 is 0 Å². The topological polar surface area (TPSA) is 251 Å². The highest BCUT2D eigenvalue weighted by molar-refractivity contribution is 5.95. The SMILES string of the molecule is CC(C)[C@H](NC(=O)[C@H](CCC(=O)O)NC(=O)[C@H](CO)NC(=O)[C@@H](N)CC(N)=O)C(=O)O. The van der Waals surface area contributed by atoms with Crippen LogP contribution in [0.15, 0.2) is 0 Å². The molecule has 0 aliphatic carbocycles. The van der Waals surface area contributed by atoms with E-state index < -0.39 is 85.1 Å². The van der Waals surface area contributed by atoms with Crippen molar-refractivity contribution in [2.45, 2.75) is 57.3 Å².